The summed E-state index contributed by atoms with van der Waals surface area (Å²) in [5.74, 6) is 0. The van der Waals surface area contributed by atoms with E-state index < -0.39 is 0 Å². The van der Waals surface area contributed by atoms with Crippen LogP contribution in [0.3, 0.4) is 0 Å². The normalized spacial score (nSPS) is 12.2. The summed E-state index contributed by atoms with van der Waals surface area (Å²) in [5.41, 5.74) is 3.99. The fraction of sp³-hybridized carbons (Fsp3) is 0.462. The molecule has 0 saturated carbocycles. The molecular formula is C13H18N2. The van der Waals surface area contributed by atoms with Crippen LogP contribution in [0.4, 0.5) is 0 Å². The zero-order valence-electron chi connectivity index (χ0n) is 9.67. The van der Waals surface area contributed by atoms with Crippen LogP contribution in [-0.4, -0.2) is 9.97 Å². The highest BCUT2D eigenvalue weighted by atomic mass is 14.9. The summed E-state index contributed by atoms with van der Waals surface area (Å²) in [5, 5.41) is 0. The Morgan fingerprint density at radius 3 is 2.80 bits per heavy atom. The van der Waals surface area contributed by atoms with Gasteiger partial charge in [0.15, 0.2) is 0 Å². The Morgan fingerprint density at radius 2 is 2.07 bits per heavy atom. The molecule has 0 aliphatic carbocycles. The van der Waals surface area contributed by atoms with Crippen molar-refractivity contribution < 1.29 is 0 Å². The van der Waals surface area contributed by atoms with E-state index in [1.807, 2.05) is 0 Å². The van der Waals surface area contributed by atoms with Gasteiger partial charge in [0, 0.05) is 0 Å². The van der Waals surface area contributed by atoms with E-state index in [2.05, 4.69) is 48.9 Å². The molecule has 0 aliphatic heterocycles. The van der Waals surface area contributed by atoms with Crippen molar-refractivity contribution >= 4 is 11.0 Å². The molecule has 2 heteroatoms. The summed E-state index contributed by atoms with van der Waals surface area (Å²) in [7, 11) is 0. The molecule has 1 N–H and O–H groups in total. The average Bonchev–Trinajstić information content (AvgIpc) is 2.60. The zero-order chi connectivity index (χ0) is 10.9. The van der Waals surface area contributed by atoms with E-state index >= 15 is 0 Å². The molecule has 0 atom stereocenters. The molecular weight excluding hydrogens is 184 g/mol. The summed E-state index contributed by atoms with van der Waals surface area (Å²) in [6.45, 7) is 6.84. The number of nitrogens with one attached hydrogen (secondary N) is 1. The number of hydrogen-bond donors (Lipinski definition) is 1. The molecule has 2 aromatic rings. The average molecular weight is 202 g/mol. The van der Waals surface area contributed by atoms with Crippen LogP contribution in [0.15, 0.2) is 24.5 Å². The van der Waals surface area contributed by atoms with Gasteiger partial charge < -0.3 is 4.98 Å². The molecule has 0 unspecified atom stereocenters. The van der Waals surface area contributed by atoms with E-state index in [4.69, 9.17) is 0 Å². The van der Waals surface area contributed by atoms with Gasteiger partial charge in [-0.15, -0.1) is 0 Å². The van der Waals surface area contributed by atoms with Gasteiger partial charge in [-0.1, -0.05) is 26.8 Å². The molecule has 0 amide bonds. The predicted octanol–water partition coefficient (Wildman–Crippen LogP) is 3.54. The fourth-order valence-electron chi connectivity index (χ4n) is 1.66. The van der Waals surface area contributed by atoms with E-state index in [-0.39, 0.29) is 0 Å². The lowest BCUT2D eigenvalue weighted by Gasteiger charge is -2.17. The third-order valence-electron chi connectivity index (χ3n) is 2.65. The van der Waals surface area contributed by atoms with E-state index in [0.717, 1.165) is 17.5 Å². The van der Waals surface area contributed by atoms with Crippen molar-refractivity contribution in [2.24, 2.45) is 5.41 Å². The Bertz CT molecular complexity index is 449. The van der Waals surface area contributed by atoms with Crippen molar-refractivity contribution in [3.8, 4) is 0 Å². The highest BCUT2D eigenvalue weighted by Crippen LogP contribution is 2.22. The van der Waals surface area contributed by atoms with Gasteiger partial charge in [0.05, 0.1) is 17.4 Å². The largest absolute Gasteiger partial charge is 0.345 e. The summed E-state index contributed by atoms with van der Waals surface area (Å²) < 4.78 is 0. The van der Waals surface area contributed by atoms with E-state index in [0.29, 0.717) is 5.41 Å². The fourth-order valence-corrected chi connectivity index (χ4v) is 1.66. The number of aryl methyl sites for hydroxylation is 1. The molecule has 1 aromatic heterocycles. The monoisotopic (exact) mass is 202 g/mol. The SMILES string of the molecule is CC(C)(C)CCc1ccc2nc[nH]c2c1. The topological polar surface area (TPSA) is 28.7 Å². The summed E-state index contributed by atoms with van der Waals surface area (Å²) >= 11 is 0. The highest BCUT2D eigenvalue weighted by molar-refractivity contribution is 5.74. The minimum absolute atomic E-state index is 0.406. The molecule has 0 saturated heterocycles. The molecule has 0 bridgehead atoms. The number of aromatic amines is 1. The van der Waals surface area contributed by atoms with Crippen LogP contribution < -0.4 is 0 Å². The van der Waals surface area contributed by atoms with Crippen LogP contribution in [0, 0.1) is 5.41 Å². The van der Waals surface area contributed by atoms with Gasteiger partial charge in [0.1, 0.15) is 0 Å². The van der Waals surface area contributed by atoms with Crippen molar-refractivity contribution in [3.05, 3.63) is 30.1 Å². The summed E-state index contributed by atoms with van der Waals surface area (Å²) in [4.78, 5) is 7.36. The number of aromatic nitrogens is 2. The first-order valence-corrected chi connectivity index (χ1v) is 5.47. The third kappa shape index (κ3) is 2.58. The minimum atomic E-state index is 0.406. The van der Waals surface area contributed by atoms with Crippen LogP contribution in [0.25, 0.3) is 11.0 Å². The van der Waals surface area contributed by atoms with Crippen LogP contribution in [0.5, 0.6) is 0 Å². The minimum Gasteiger partial charge on any atom is -0.345 e. The first kappa shape index (κ1) is 10.2. The molecule has 1 heterocycles. The number of imidazole rings is 1. The smallest absolute Gasteiger partial charge is 0.0931 e. The van der Waals surface area contributed by atoms with Crippen LogP contribution in [0.1, 0.15) is 32.8 Å². The lowest BCUT2D eigenvalue weighted by atomic mass is 9.89. The second-order valence-electron chi connectivity index (χ2n) is 5.31. The van der Waals surface area contributed by atoms with Gasteiger partial charge >= 0.3 is 0 Å². The predicted molar refractivity (Wildman–Crippen MR) is 63.9 cm³/mol. The van der Waals surface area contributed by atoms with Crippen LogP contribution in [-0.2, 0) is 6.42 Å². The Hall–Kier alpha value is -1.31. The van der Waals surface area contributed by atoms with E-state index in [9.17, 15) is 0 Å². The lowest BCUT2D eigenvalue weighted by molar-refractivity contribution is 0.378. The second kappa shape index (κ2) is 3.69. The van der Waals surface area contributed by atoms with Gasteiger partial charge in [-0.2, -0.15) is 0 Å². The van der Waals surface area contributed by atoms with Gasteiger partial charge in [-0.3, -0.25) is 0 Å². The first-order chi connectivity index (χ1) is 7.04. The Kier molecular flexibility index (Phi) is 2.51. The standard InChI is InChI=1S/C13H18N2/c1-13(2,3)7-6-10-4-5-11-12(8-10)15-9-14-11/h4-5,8-9H,6-7H2,1-3H3,(H,14,15). The summed E-state index contributed by atoms with van der Waals surface area (Å²) in [6, 6.07) is 6.47. The number of benzene rings is 1. The number of H-pyrrole nitrogens is 1. The van der Waals surface area contributed by atoms with Gasteiger partial charge in [0.25, 0.3) is 0 Å². The zero-order valence-corrected chi connectivity index (χ0v) is 9.67. The number of hydrogen-bond acceptors (Lipinski definition) is 1. The van der Waals surface area contributed by atoms with Crippen molar-refractivity contribution in [1.82, 2.24) is 9.97 Å². The second-order valence-corrected chi connectivity index (χ2v) is 5.31. The Balaban J connectivity index is 2.15. The molecule has 0 aliphatic rings. The molecule has 80 valence electrons. The number of fused-ring (bicyclic) bond motifs is 1. The van der Waals surface area contributed by atoms with Crippen molar-refractivity contribution in [2.75, 3.05) is 0 Å². The van der Waals surface area contributed by atoms with Crippen LogP contribution >= 0.6 is 0 Å². The van der Waals surface area contributed by atoms with Crippen LogP contribution in [0.2, 0.25) is 0 Å². The maximum atomic E-state index is 4.21. The maximum absolute atomic E-state index is 4.21. The van der Waals surface area contributed by atoms with E-state index in [1.54, 1.807) is 6.33 Å². The molecule has 2 rings (SSSR count). The van der Waals surface area contributed by atoms with Gasteiger partial charge in [-0.25, -0.2) is 4.98 Å². The van der Waals surface area contributed by atoms with E-state index in [1.165, 1.54) is 12.0 Å². The summed E-state index contributed by atoms with van der Waals surface area (Å²) in [6.07, 6.45) is 4.10. The highest BCUT2D eigenvalue weighted by Gasteiger charge is 2.10. The number of rotatable bonds is 2. The van der Waals surface area contributed by atoms with Gasteiger partial charge in [-0.05, 0) is 36.0 Å². The molecule has 0 radical (unpaired) electrons. The van der Waals surface area contributed by atoms with Gasteiger partial charge in [0.2, 0.25) is 0 Å². The number of nitrogens with zero attached hydrogens (tertiary/aromatic N) is 1. The third-order valence-corrected chi connectivity index (χ3v) is 2.65. The molecule has 0 spiro atoms. The first-order valence-electron chi connectivity index (χ1n) is 5.47. The maximum Gasteiger partial charge on any atom is 0.0931 e. The van der Waals surface area contributed by atoms with Crippen molar-refractivity contribution in [2.45, 2.75) is 33.6 Å². The molecule has 15 heavy (non-hydrogen) atoms. The van der Waals surface area contributed by atoms with Crippen molar-refractivity contribution in [1.29, 1.82) is 0 Å². The quantitative estimate of drug-likeness (QED) is 0.792. The molecule has 1 aromatic carbocycles. The molecule has 2 nitrogen and oxygen atoms in total. The Labute approximate surface area is 90.7 Å². The Morgan fingerprint density at radius 1 is 1.27 bits per heavy atom. The molecule has 0 fully saturated rings. The lowest BCUT2D eigenvalue weighted by Crippen LogP contribution is -2.06. The van der Waals surface area contributed by atoms with Crippen molar-refractivity contribution in [3.63, 3.8) is 0 Å².